The van der Waals surface area contributed by atoms with Crippen molar-refractivity contribution in [2.24, 2.45) is 5.92 Å². The van der Waals surface area contributed by atoms with Crippen LogP contribution in [0.4, 0.5) is 16.0 Å². The molecule has 40 heavy (non-hydrogen) atoms. The van der Waals surface area contributed by atoms with E-state index in [0.29, 0.717) is 54.9 Å². The third-order valence-corrected chi connectivity index (χ3v) is 6.88. The molecule has 1 saturated carbocycles. The van der Waals surface area contributed by atoms with Gasteiger partial charge in [0.15, 0.2) is 12.0 Å². The highest BCUT2D eigenvalue weighted by Gasteiger charge is 2.37. The minimum absolute atomic E-state index is 0.0791. The van der Waals surface area contributed by atoms with Crippen molar-refractivity contribution in [2.75, 3.05) is 25.0 Å². The maximum atomic E-state index is 15.1. The lowest BCUT2D eigenvalue weighted by atomic mass is 10.0. The zero-order valence-electron chi connectivity index (χ0n) is 21.9. The van der Waals surface area contributed by atoms with Crippen LogP contribution in [0.5, 0.6) is 11.6 Å². The van der Waals surface area contributed by atoms with Gasteiger partial charge in [-0.25, -0.2) is 19.3 Å². The second-order valence-corrected chi connectivity index (χ2v) is 9.62. The minimum atomic E-state index is -1.42. The maximum absolute atomic E-state index is 15.1. The molecule has 1 aliphatic carbocycles. The number of halogens is 1. The fourth-order valence-electron chi connectivity index (χ4n) is 4.83. The Morgan fingerprint density at radius 2 is 2.10 bits per heavy atom. The lowest BCUT2D eigenvalue weighted by Crippen LogP contribution is -2.50. The number of carbonyl (C=O) groups excluding carboxylic acids is 2. The molecule has 3 aromatic rings. The van der Waals surface area contributed by atoms with Crippen LogP contribution in [0.15, 0.2) is 42.9 Å². The molecule has 206 valence electrons. The van der Waals surface area contributed by atoms with Crippen LogP contribution in [0.1, 0.15) is 38.2 Å². The van der Waals surface area contributed by atoms with Crippen molar-refractivity contribution >= 4 is 23.3 Å². The predicted octanol–water partition coefficient (Wildman–Crippen LogP) is 3.63. The topological polar surface area (TPSA) is 143 Å². The first kappa shape index (κ1) is 26.9. The van der Waals surface area contributed by atoms with Crippen LogP contribution in [0.25, 0.3) is 11.4 Å². The molecule has 2 fully saturated rings. The number of ether oxygens (including phenoxy) is 2. The fraction of sp³-hybridized carbons (Fsp3) is 0.393. The largest absolute Gasteiger partial charge is 0.486 e. The molecule has 3 heterocycles. The van der Waals surface area contributed by atoms with Gasteiger partial charge in [-0.15, -0.1) is 0 Å². The van der Waals surface area contributed by atoms with E-state index in [4.69, 9.17) is 9.47 Å². The van der Waals surface area contributed by atoms with Crippen molar-refractivity contribution in [2.45, 2.75) is 44.9 Å². The summed E-state index contributed by atoms with van der Waals surface area (Å²) in [5.74, 6) is 0.940. The molecule has 1 amide bonds. The van der Waals surface area contributed by atoms with Crippen molar-refractivity contribution in [1.82, 2.24) is 24.8 Å². The Labute approximate surface area is 230 Å². The highest BCUT2D eigenvalue weighted by molar-refractivity contribution is 5.90. The summed E-state index contributed by atoms with van der Waals surface area (Å²) in [5, 5.41) is 12.8. The summed E-state index contributed by atoms with van der Waals surface area (Å²) in [4.78, 5) is 42.7. The number of hydrogen-bond donors (Lipinski definition) is 1. The Morgan fingerprint density at radius 3 is 2.80 bits per heavy atom. The van der Waals surface area contributed by atoms with Gasteiger partial charge in [-0.2, -0.15) is 10.2 Å². The summed E-state index contributed by atoms with van der Waals surface area (Å²) < 4.78 is 26.3. The summed E-state index contributed by atoms with van der Waals surface area (Å²) in [6, 6.07) is 10.5. The zero-order chi connectivity index (χ0) is 28.1. The molecule has 2 aliphatic rings. The van der Waals surface area contributed by atoms with Crippen molar-refractivity contribution in [3.8, 4) is 29.1 Å². The van der Waals surface area contributed by atoms with E-state index in [2.05, 4.69) is 31.3 Å². The molecule has 0 radical (unpaired) electrons. The number of carbonyl (C=O) groups is 2. The average Bonchev–Trinajstić information content (AvgIpc) is 3.41. The van der Waals surface area contributed by atoms with Gasteiger partial charge in [0.05, 0.1) is 30.6 Å². The Kier molecular flexibility index (Phi) is 8.10. The molecule has 5 rings (SSSR count). The van der Waals surface area contributed by atoms with Gasteiger partial charge in [0, 0.05) is 43.4 Å². The van der Waals surface area contributed by atoms with Gasteiger partial charge in [0.1, 0.15) is 30.0 Å². The molecule has 11 nitrogen and oxygen atoms in total. The van der Waals surface area contributed by atoms with Gasteiger partial charge in [-0.1, -0.05) is 0 Å². The zero-order valence-corrected chi connectivity index (χ0v) is 21.9. The first-order valence-electron chi connectivity index (χ1n) is 13.1. The minimum Gasteiger partial charge on any atom is -0.486 e. The van der Waals surface area contributed by atoms with Crippen molar-refractivity contribution in [3.05, 3.63) is 48.4 Å². The fourth-order valence-corrected chi connectivity index (χ4v) is 4.83. The molecule has 12 heteroatoms. The number of aromatic nitrogens is 4. The SMILES string of the molecule is CCOc1ccc(Nc2ncnc(-c3ccc(O[C@H]4CCN(C(=O)C5CCC(=O)C5)C[C@H]4F)c(C#N)c3)n2)cn1. The quantitative estimate of drug-likeness (QED) is 0.446. The molecule has 1 N–H and O–H groups in total. The molecular formula is C28H28FN7O4. The first-order chi connectivity index (χ1) is 19.4. The number of ketones is 1. The van der Waals surface area contributed by atoms with Crippen molar-refractivity contribution < 1.29 is 23.5 Å². The average molecular weight is 546 g/mol. The third-order valence-electron chi connectivity index (χ3n) is 6.88. The van der Waals surface area contributed by atoms with Gasteiger partial charge >= 0.3 is 0 Å². The number of hydrogen-bond acceptors (Lipinski definition) is 10. The predicted molar refractivity (Wildman–Crippen MR) is 142 cm³/mol. The summed E-state index contributed by atoms with van der Waals surface area (Å²) >= 11 is 0. The van der Waals surface area contributed by atoms with E-state index < -0.39 is 12.3 Å². The lowest BCUT2D eigenvalue weighted by Gasteiger charge is -2.36. The van der Waals surface area contributed by atoms with E-state index in [1.165, 1.54) is 11.2 Å². The van der Waals surface area contributed by atoms with E-state index in [1.54, 1.807) is 36.5 Å². The number of likely N-dealkylation sites (tertiary alicyclic amines) is 1. The summed E-state index contributed by atoms with van der Waals surface area (Å²) in [5.41, 5.74) is 1.42. The highest BCUT2D eigenvalue weighted by atomic mass is 19.1. The molecular weight excluding hydrogens is 517 g/mol. The number of pyridine rings is 1. The second-order valence-electron chi connectivity index (χ2n) is 9.62. The molecule has 2 aromatic heterocycles. The van der Waals surface area contributed by atoms with Gasteiger partial charge in [-0.05, 0) is 37.6 Å². The Hall–Kier alpha value is -4.66. The van der Waals surface area contributed by atoms with Crippen LogP contribution in [0, 0.1) is 17.2 Å². The highest BCUT2D eigenvalue weighted by Crippen LogP contribution is 2.30. The lowest BCUT2D eigenvalue weighted by molar-refractivity contribution is -0.139. The Bertz CT molecular complexity index is 1430. The van der Waals surface area contributed by atoms with Crippen LogP contribution in [0.2, 0.25) is 0 Å². The maximum Gasteiger partial charge on any atom is 0.230 e. The van der Waals surface area contributed by atoms with Crippen LogP contribution < -0.4 is 14.8 Å². The van der Waals surface area contributed by atoms with E-state index in [1.807, 2.05) is 6.92 Å². The van der Waals surface area contributed by atoms with Crippen molar-refractivity contribution in [1.29, 1.82) is 5.26 Å². The van der Waals surface area contributed by atoms with Crippen LogP contribution in [-0.4, -0.2) is 68.5 Å². The van der Waals surface area contributed by atoms with E-state index in [-0.39, 0.29) is 48.3 Å². The Morgan fingerprint density at radius 1 is 1.23 bits per heavy atom. The Balaban J connectivity index is 1.24. The van der Waals surface area contributed by atoms with Crippen molar-refractivity contribution in [3.63, 3.8) is 0 Å². The third kappa shape index (κ3) is 6.14. The monoisotopic (exact) mass is 545 g/mol. The number of nitrogens with zero attached hydrogens (tertiary/aromatic N) is 6. The second kappa shape index (κ2) is 12.0. The van der Waals surface area contributed by atoms with Gasteiger partial charge in [0.2, 0.25) is 17.7 Å². The number of benzene rings is 1. The number of piperidine rings is 1. The summed E-state index contributed by atoms with van der Waals surface area (Å²) in [6.07, 6.45) is 2.18. The normalized spacial score (nSPS) is 20.6. The summed E-state index contributed by atoms with van der Waals surface area (Å²) in [7, 11) is 0. The van der Waals surface area contributed by atoms with E-state index in [0.717, 1.165) is 0 Å². The number of alkyl halides is 1. The van der Waals surface area contributed by atoms with Gasteiger partial charge in [-0.3, -0.25) is 9.59 Å². The standard InChI is InChI=1S/C28H28FN7O4/c1-2-39-25-8-5-20(14-31-25)34-28-33-16-32-26(35-28)17-4-7-23(19(11-17)13-30)40-24-9-10-36(15-22(24)29)27(38)18-3-6-21(37)12-18/h4-5,7-8,11,14,16,18,22,24H,2-3,6,9-10,12,15H2,1H3,(H,32,33,34,35)/t18?,22-,24+/m1/s1. The number of anilines is 2. The number of rotatable bonds is 8. The van der Waals surface area contributed by atoms with Gasteiger partial charge < -0.3 is 19.7 Å². The molecule has 1 unspecified atom stereocenters. The number of nitriles is 1. The number of nitrogens with one attached hydrogen (secondary N) is 1. The van der Waals surface area contributed by atoms with Crippen LogP contribution >= 0.6 is 0 Å². The van der Waals surface area contributed by atoms with Crippen LogP contribution in [-0.2, 0) is 9.59 Å². The molecule has 0 bridgehead atoms. The molecule has 3 atom stereocenters. The van der Waals surface area contributed by atoms with Crippen LogP contribution in [0.3, 0.4) is 0 Å². The number of Topliss-reactive ketones (excluding diaryl/α,β-unsaturated/α-hetero) is 1. The molecule has 1 aliphatic heterocycles. The van der Waals surface area contributed by atoms with E-state index in [9.17, 15) is 14.9 Å². The molecule has 1 saturated heterocycles. The first-order valence-corrected chi connectivity index (χ1v) is 13.1. The molecule has 1 aromatic carbocycles. The smallest absolute Gasteiger partial charge is 0.230 e. The van der Waals surface area contributed by atoms with E-state index >= 15 is 4.39 Å². The summed E-state index contributed by atoms with van der Waals surface area (Å²) in [6.45, 7) is 2.63. The number of amides is 1. The van der Waals surface area contributed by atoms with Gasteiger partial charge in [0.25, 0.3) is 0 Å². The molecule has 0 spiro atoms.